The van der Waals surface area contributed by atoms with Gasteiger partial charge < -0.3 is 25.5 Å². The summed E-state index contributed by atoms with van der Waals surface area (Å²) in [5, 5.41) is 38.4. The van der Waals surface area contributed by atoms with E-state index in [9.17, 15) is 19.6 Å². The van der Waals surface area contributed by atoms with Crippen LogP contribution in [-0.4, -0.2) is 39.5 Å². The highest BCUT2D eigenvalue weighted by molar-refractivity contribution is 5.82. The molecule has 2 unspecified atom stereocenters. The van der Waals surface area contributed by atoms with E-state index in [0.717, 1.165) is 13.0 Å². The van der Waals surface area contributed by atoms with E-state index in [4.69, 9.17) is 15.4 Å². The lowest BCUT2D eigenvalue weighted by Gasteiger charge is -2.20. The SMILES string of the molecule is C[C@@H](NC(=O)OC(C(=O)O)c1ccccc1[NH+]([O-])O)C(=O)O. The normalized spacial score (nSPS) is 14.5. The lowest BCUT2D eigenvalue weighted by molar-refractivity contribution is -0.991. The number of ether oxygens (including phenoxy) is 1. The second-order valence-electron chi connectivity index (χ2n) is 4.22. The van der Waals surface area contributed by atoms with Gasteiger partial charge in [-0.05, 0) is 13.0 Å². The minimum Gasteiger partial charge on any atom is -0.595 e. The van der Waals surface area contributed by atoms with Crippen molar-refractivity contribution in [3.63, 3.8) is 0 Å². The number of amides is 1. The van der Waals surface area contributed by atoms with Gasteiger partial charge in [-0.1, -0.05) is 12.1 Å². The number of quaternary nitrogens is 1. The van der Waals surface area contributed by atoms with Crippen molar-refractivity contribution in [3.05, 3.63) is 35.0 Å². The van der Waals surface area contributed by atoms with E-state index in [1.54, 1.807) is 0 Å². The van der Waals surface area contributed by atoms with E-state index in [1.165, 1.54) is 18.2 Å². The molecule has 1 amide bonds. The van der Waals surface area contributed by atoms with Crippen molar-refractivity contribution < 1.29 is 39.8 Å². The molecule has 3 atom stereocenters. The van der Waals surface area contributed by atoms with E-state index in [-0.39, 0.29) is 11.3 Å². The second kappa shape index (κ2) is 7.36. The average molecular weight is 314 g/mol. The summed E-state index contributed by atoms with van der Waals surface area (Å²) in [7, 11) is 0. The van der Waals surface area contributed by atoms with Crippen LogP contribution in [0.5, 0.6) is 0 Å². The number of aliphatic carboxylic acids is 2. The van der Waals surface area contributed by atoms with Crippen LogP contribution >= 0.6 is 0 Å². The molecule has 0 spiro atoms. The zero-order chi connectivity index (χ0) is 16.9. The zero-order valence-electron chi connectivity index (χ0n) is 11.3. The standard InChI is InChI=1S/C12H14N2O8/c1-6(10(15)16)13-12(19)22-9(11(17)18)7-4-2-3-5-8(7)14(20)21/h2-6,9,14,20H,1H3,(H,13,19)(H,15,16)(H,17,18)/t6-,9?/m1/s1. The van der Waals surface area contributed by atoms with Gasteiger partial charge >= 0.3 is 18.0 Å². The highest BCUT2D eigenvalue weighted by Gasteiger charge is 2.30. The molecule has 1 rings (SSSR count). The summed E-state index contributed by atoms with van der Waals surface area (Å²) in [6.45, 7) is 1.16. The third kappa shape index (κ3) is 4.41. The van der Waals surface area contributed by atoms with Gasteiger partial charge in [0.1, 0.15) is 6.04 Å². The van der Waals surface area contributed by atoms with Gasteiger partial charge in [-0.3, -0.25) is 4.79 Å². The number of carbonyl (C=O) groups excluding carboxylic acids is 1. The van der Waals surface area contributed by atoms with Crippen molar-refractivity contribution in [1.82, 2.24) is 5.32 Å². The van der Waals surface area contributed by atoms with Crippen LogP contribution in [0, 0.1) is 5.21 Å². The summed E-state index contributed by atoms with van der Waals surface area (Å²) in [5.41, 5.74) is -0.574. The van der Waals surface area contributed by atoms with Gasteiger partial charge in [-0.25, -0.2) is 14.8 Å². The summed E-state index contributed by atoms with van der Waals surface area (Å²) in [6.07, 6.45) is -3.17. The van der Waals surface area contributed by atoms with Crippen LogP contribution in [-0.2, 0) is 14.3 Å². The number of para-hydroxylation sites is 1. The molecule has 1 aromatic carbocycles. The van der Waals surface area contributed by atoms with E-state index in [1.807, 2.05) is 5.32 Å². The van der Waals surface area contributed by atoms with E-state index in [2.05, 4.69) is 4.74 Å². The molecular formula is C12H14N2O8. The van der Waals surface area contributed by atoms with Gasteiger partial charge in [-0.15, -0.1) is 0 Å². The molecule has 0 fully saturated rings. The Morgan fingerprint density at radius 2 is 1.82 bits per heavy atom. The number of carboxylic acid groups (broad SMARTS) is 2. The molecule has 0 aromatic heterocycles. The number of carbonyl (C=O) groups is 3. The average Bonchev–Trinajstić information content (AvgIpc) is 2.44. The van der Waals surface area contributed by atoms with Crippen molar-refractivity contribution >= 4 is 23.7 Å². The largest absolute Gasteiger partial charge is 0.595 e. The summed E-state index contributed by atoms with van der Waals surface area (Å²) >= 11 is 0. The second-order valence-corrected chi connectivity index (χ2v) is 4.22. The Kier molecular flexibility index (Phi) is 5.81. The first-order valence-corrected chi connectivity index (χ1v) is 5.99. The summed E-state index contributed by atoms with van der Waals surface area (Å²) in [6, 6.07) is 3.83. The number of benzene rings is 1. The van der Waals surface area contributed by atoms with Gasteiger partial charge in [0.15, 0.2) is 5.69 Å². The molecule has 0 saturated carbocycles. The first-order chi connectivity index (χ1) is 10.2. The van der Waals surface area contributed by atoms with Crippen LogP contribution < -0.4 is 10.5 Å². The van der Waals surface area contributed by atoms with E-state index >= 15 is 0 Å². The van der Waals surface area contributed by atoms with Gasteiger partial charge in [-0.2, -0.15) is 5.23 Å². The van der Waals surface area contributed by atoms with Crippen LogP contribution in [0.4, 0.5) is 10.5 Å². The molecule has 10 heteroatoms. The number of carboxylic acids is 2. The molecular weight excluding hydrogens is 300 g/mol. The first kappa shape index (κ1) is 17.4. The Morgan fingerprint density at radius 3 is 2.32 bits per heavy atom. The fraction of sp³-hybridized carbons (Fsp3) is 0.250. The van der Waals surface area contributed by atoms with Gasteiger partial charge in [0.05, 0.1) is 5.56 Å². The summed E-state index contributed by atoms with van der Waals surface area (Å²) in [4.78, 5) is 33.3. The Morgan fingerprint density at radius 1 is 1.23 bits per heavy atom. The molecule has 0 aliphatic carbocycles. The van der Waals surface area contributed by atoms with Crippen molar-refractivity contribution in [2.45, 2.75) is 19.1 Å². The number of alkyl carbamates (subject to hydrolysis) is 1. The molecule has 5 N–H and O–H groups in total. The topological polar surface area (TPSA) is 161 Å². The maximum absolute atomic E-state index is 11.5. The molecule has 0 bridgehead atoms. The van der Waals surface area contributed by atoms with Crippen LogP contribution in [0.3, 0.4) is 0 Å². The van der Waals surface area contributed by atoms with Crippen LogP contribution in [0.1, 0.15) is 18.6 Å². The molecule has 1 aromatic rings. The predicted octanol–water partition coefficient (Wildman–Crippen LogP) is -0.585. The van der Waals surface area contributed by atoms with E-state index < -0.39 is 35.4 Å². The van der Waals surface area contributed by atoms with Gasteiger partial charge in [0, 0.05) is 6.07 Å². The maximum Gasteiger partial charge on any atom is 0.409 e. The highest BCUT2D eigenvalue weighted by Crippen LogP contribution is 2.23. The van der Waals surface area contributed by atoms with Crippen LogP contribution in [0.25, 0.3) is 0 Å². The van der Waals surface area contributed by atoms with Crippen molar-refractivity contribution in [3.8, 4) is 0 Å². The van der Waals surface area contributed by atoms with Crippen LogP contribution in [0.2, 0.25) is 0 Å². The van der Waals surface area contributed by atoms with Crippen molar-refractivity contribution in [1.29, 1.82) is 0 Å². The Hall–Kier alpha value is -2.69. The minimum atomic E-state index is -1.88. The quantitative estimate of drug-likeness (QED) is 0.435. The molecule has 10 nitrogen and oxygen atoms in total. The molecule has 0 saturated heterocycles. The molecule has 120 valence electrons. The Balaban J connectivity index is 2.99. The molecule has 0 aliphatic rings. The van der Waals surface area contributed by atoms with E-state index in [0.29, 0.717) is 0 Å². The Labute approximate surface area is 124 Å². The van der Waals surface area contributed by atoms with Crippen molar-refractivity contribution in [2.75, 3.05) is 0 Å². The first-order valence-electron chi connectivity index (χ1n) is 5.99. The number of nitrogens with one attached hydrogen (secondary N) is 2. The molecule has 0 heterocycles. The summed E-state index contributed by atoms with van der Waals surface area (Å²) in [5.74, 6) is -2.93. The molecule has 0 radical (unpaired) electrons. The molecule has 22 heavy (non-hydrogen) atoms. The predicted molar refractivity (Wildman–Crippen MR) is 69.3 cm³/mol. The number of hydrogen-bond acceptors (Lipinski definition) is 6. The smallest absolute Gasteiger partial charge is 0.409 e. The fourth-order valence-electron chi connectivity index (χ4n) is 1.55. The number of rotatable bonds is 6. The monoisotopic (exact) mass is 314 g/mol. The van der Waals surface area contributed by atoms with Gasteiger partial charge in [0.2, 0.25) is 6.10 Å². The summed E-state index contributed by atoms with van der Waals surface area (Å²) < 4.78 is 4.63. The third-order valence-corrected chi connectivity index (χ3v) is 2.63. The lowest BCUT2D eigenvalue weighted by atomic mass is 10.1. The lowest BCUT2D eigenvalue weighted by Crippen LogP contribution is -2.99. The zero-order valence-corrected chi connectivity index (χ0v) is 11.3. The fourth-order valence-corrected chi connectivity index (χ4v) is 1.55. The van der Waals surface area contributed by atoms with Crippen molar-refractivity contribution in [2.24, 2.45) is 0 Å². The van der Waals surface area contributed by atoms with Gasteiger partial charge in [0.25, 0.3) is 0 Å². The Bertz CT molecular complexity index is 574. The molecule has 0 aliphatic heterocycles. The number of hydrogen-bond donors (Lipinski definition) is 5. The van der Waals surface area contributed by atoms with Crippen LogP contribution in [0.15, 0.2) is 24.3 Å². The third-order valence-electron chi connectivity index (χ3n) is 2.63. The highest BCUT2D eigenvalue weighted by atomic mass is 16.8. The maximum atomic E-state index is 11.5. The minimum absolute atomic E-state index is 0.236.